The first-order chi connectivity index (χ1) is 9.08. The van der Waals surface area contributed by atoms with E-state index in [1.54, 1.807) is 0 Å². The van der Waals surface area contributed by atoms with Gasteiger partial charge in [-0.2, -0.15) is 0 Å². The van der Waals surface area contributed by atoms with Crippen molar-refractivity contribution in [1.29, 1.82) is 0 Å². The Bertz CT molecular complexity index is 305. The molecule has 2 atom stereocenters. The molecule has 1 saturated heterocycles. The van der Waals surface area contributed by atoms with Crippen molar-refractivity contribution >= 4 is 6.09 Å². The van der Waals surface area contributed by atoms with E-state index in [0.717, 1.165) is 19.5 Å². The van der Waals surface area contributed by atoms with Gasteiger partial charge in [-0.3, -0.25) is 4.90 Å². The average Bonchev–Trinajstić information content (AvgIpc) is 2.25. The van der Waals surface area contributed by atoms with Crippen LogP contribution >= 0.6 is 0 Å². The van der Waals surface area contributed by atoms with Gasteiger partial charge in [-0.05, 0) is 52.9 Å². The summed E-state index contributed by atoms with van der Waals surface area (Å²) in [4.78, 5) is 14.4. The largest absolute Gasteiger partial charge is 0.444 e. The smallest absolute Gasteiger partial charge is 0.407 e. The fourth-order valence-corrected chi connectivity index (χ4v) is 2.66. The Hall–Kier alpha value is -0.770. The quantitative estimate of drug-likeness (QED) is 0.865. The average molecular weight is 284 g/mol. The Labute approximate surface area is 124 Å². The van der Waals surface area contributed by atoms with Gasteiger partial charge in [0.2, 0.25) is 0 Å². The van der Waals surface area contributed by atoms with Crippen LogP contribution in [0.4, 0.5) is 4.79 Å². The number of hydrogen-bond donors (Lipinski definition) is 1. The molecule has 1 aliphatic heterocycles. The van der Waals surface area contributed by atoms with Gasteiger partial charge in [0.25, 0.3) is 0 Å². The van der Waals surface area contributed by atoms with Crippen molar-refractivity contribution in [3.63, 3.8) is 0 Å². The van der Waals surface area contributed by atoms with Crippen LogP contribution in [-0.2, 0) is 4.74 Å². The van der Waals surface area contributed by atoms with Crippen molar-refractivity contribution < 1.29 is 9.53 Å². The summed E-state index contributed by atoms with van der Waals surface area (Å²) in [6, 6.07) is 0.702. The van der Waals surface area contributed by atoms with Gasteiger partial charge in [0.1, 0.15) is 5.60 Å². The van der Waals surface area contributed by atoms with Gasteiger partial charge < -0.3 is 10.1 Å². The van der Waals surface area contributed by atoms with Gasteiger partial charge in [0, 0.05) is 25.2 Å². The summed E-state index contributed by atoms with van der Waals surface area (Å²) in [5.74, 6) is 1.27. The van der Waals surface area contributed by atoms with Crippen LogP contribution in [0.1, 0.15) is 54.9 Å². The normalized spacial score (nSPS) is 25.1. The third-order valence-corrected chi connectivity index (χ3v) is 3.91. The molecular weight excluding hydrogens is 252 g/mol. The van der Waals surface area contributed by atoms with E-state index in [1.165, 1.54) is 0 Å². The van der Waals surface area contributed by atoms with Gasteiger partial charge in [-0.1, -0.05) is 13.8 Å². The lowest BCUT2D eigenvalue weighted by atomic mass is 9.85. The highest BCUT2D eigenvalue weighted by atomic mass is 16.6. The Balaban J connectivity index is 2.61. The van der Waals surface area contributed by atoms with E-state index in [1.807, 2.05) is 20.8 Å². The number of carbonyl (C=O) groups excluding carboxylic acids is 1. The maximum Gasteiger partial charge on any atom is 0.407 e. The van der Waals surface area contributed by atoms with Crippen LogP contribution in [0.3, 0.4) is 0 Å². The number of nitrogens with zero attached hydrogens (tertiary/aromatic N) is 1. The second kappa shape index (κ2) is 6.79. The SMILES string of the molecule is CC(C)C1CC(NC(=O)OC(C)(C)C)CN(C(C)C)C1. The molecule has 0 radical (unpaired) electrons. The molecule has 1 amide bonds. The minimum atomic E-state index is -0.437. The van der Waals surface area contributed by atoms with Crippen molar-refractivity contribution in [2.24, 2.45) is 11.8 Å². The van der Waals surface area contributed by atoms with Crippen LogP contribution in [-0.4, -0.2) is 41.8 Å². The minimum absolute atomic E-state index is 0.188. The summed E-state index contributed by atoms with van der Waals surface area (Å²) in [6.45, 7) is 16.7. The van der Waals surface area contributed by atoms with Crippen LogP contribution in [0.5, 0.6) is 0 Å². The highest BCUT2D eigenvalue weighted by Crippen LogP contribution is 2.25. The number of alkyl carbamates (subject to hydrolysis) is 1. The fraction of sp³-hybridized carbons (Fsp3) is 0.938. The lowest BCUT2D eigenvalue weighted by molar-refractivity contribution is 0.0400. The summed E-state index contributed by atoms with van der Waals surface area (Å²) in [7, 11) is 0. The van der Waals surface area contributed by atoms with Gasteiger partial charge >= 0.3 is 6.09 Å². The zero-order valence-electron chi connectivity index (χ0n) is 14.2. The Morgan fingerprint density at radius 3 is 2.25 bits per heavy atom. The summed E-state index contributed by atoms with van der Waals surface area (Å²) in [6.07, 6.45) is 0.746. The molecular formula is C16H32N2O2. The molecule has 1 aliphatic rings. The molecule has 0 aromatic rings. The molecule has 2 unspecified atom stereocenters. The summed E-state index contributed by atoms with van der Waals surface area (Å²) >= 11 is 0. The second-order valence-corrected chi connectivity index (χ2v) is 7.63. The minimum Gasteiger partial charge on any atom is -0.444 e. The molecule has 1 N–H and O–H groups in total. The van der Waals surface area contributed by atoms with Gasteiger partial charge in [-0.25, -0.2) is 4.79 Å². The number of ether oxygens (including phenoxy) is 1. The zero-order valence-corrected chi connectivity index (χ0v) is 14.2. The summed E-state index contributed by atoms with van der Waals surface area (Å²) in [5, 5.41) is 3.04. The van der Waals surface area contributed by atoms with Crippen LogP contribution in [0.15, 0.2) is 0 Å². The number of hydrogen-bond acceptors (Lipinski definition) is 3. The number of likely N-dealkylation sites (tertiary alicyclic amines) is 1. The molecule has 118 valence electrons. The molecule has 4 nitrogen and oxygen atoms in total. The molecule has 0 saturated carbocycles. The van der Waals surface area contributed by atoms with Gasteiger partial charge in [0.05, 0.1) is 0 Å². The predicted molar refractivity (Wildman–Crippen MR) is 82.8 cm³/mol. The molecule has 1 fully saturated rings. The lowest BCUT2D eigenvalue weighted by Gasteiger charge is -2.41. The third kappa shape index (κ3) is 5.70. The van der Waals surface area contributed by atoms with Crippen molar-refractivity contribution in [3.8, 4) is 0 Å². The van der Waals surface area contributed by atoms with Crippen molar-refractivity contribution in [1.82, 2.24) is 10.2 Å². The third-order valence-electron chi connectivity index (χ3n) is 3.91. The van der Waals surface area contributed by atoms with E-state index in [4.69, 9.17) is 4.74 Å². The van der Waals surface area contributed by atoms with Crippen LogP contribution in [0.2, 0.25) is 0 Å². The maximum absolute atomic E-state index is 11.9. The molecule has 1 heterocycles. The molecule has 1 rings (SSSR count). The zero-order chi connectivity index (χ0) is 15.5. The molecule has 0 bridgehead atoms. The maximum atomic E-state index is 11.9. The highest BCUT2D eigenvalue weighted by molar-refractivity contribution is 5.68. The Kier molecular flexibility index (Phi) is 5.87. The predicted octanol–water partition coefficient (Wildman–Crippen LogP) is 3.27. The number of amides is 1. The van der Waals surface area contributed by atoms with Crippen LogP contribution in [0.25, 0.3) is 0 Å². The van der Waals surface area contributed by atoms with Crippen LogP contribution < -0.4 is 5.32 Å². The van der Waals surface area contributed by atoms with Gasteiger partial charge in [0.15, 0.2) is 0 Å². The monoisotopic (exact) mass is 284 g/mol. The number of carbonyl (C=O) groups is 1. The van der Waals surface area contributed by atoms with E-state index < -0.39 is 5.60 Å². The molecule has 0 aromatic heterocycles. The number of piperidine rings is 1. The summed E-state index contributed by atoms with van der Waals surface area (Å²) in [5.41, 5.74) is -0.437. The standard InChI is InChI=1S/C16H32N2O2/c1-11(2)13-8-14(10-18(9-13)12(3)4)17-15(19)20-16(5,6)7/h11-14H,8-10H2,1-7H3,(H,17,19). The molecule has 4 heteroatoms. The van der Waals surface area contributed by atoms with Crippen LogP contribution in [0, 0.1) is 11.8 Å². The van der Waals surface area contributed by atoms with Crippen molar-refractivity contribution in [2.45, 2.75) is 72.6 Å². The van der Waals surface area contributed by atoms with Gasteiger partial charge in [-0.15, -0.1) is 0 Å². The first-order valence-corrected chi connectivity index (χ1v) is 7.82. The lowest BCUT2D eigenvalue weighted by Crippen LogP contribution is -2.54. The number of nitrogens with one attached hydrogen (secondary N) is 1. The molecule has 0 spiro atoms. The van der Waals surface area contributed by atoms with E-state index in [0.29, 0.717) is 17.9 Å². The van der Waals surface area contributed by atoms with E-state index >= 15 is 0 Å². The first-order valence-electron chi connectivity index (χ1n) is 7.82. The fourth-order valence-electron chi connectivity index (χ4n) is 2.66. The Morgan fingerprint density at radius 1 is 1.20 bits per heavy atom. The van der Waals surface area contributed by atoms with E-state index in [2.05, 4.69) is 37.9 Å². The highest BCUT2D eigenvalue weighted by Gasteiger charge is 2.31. The summed E-state index contributed by atoms with van der Waals surface area (Å²) < 4.78 is 5.36. The number of rotatable bonds is 3. The van der Waals surface area contributed by atoms with Crippen molar-refractivity contribution in [2.75, 3.05) is 13.1 Å². The van der Waals surface area contributed by atoms with E-state index in [9.17, 15) is 4.79 Å². The topological polar surface area (TPSA) is 41.6 Å². The van der Waals surface area contributed by atoms with E-state index in [-0.39, 0.29) is 12.1 Å². The molecule has 0 aliphatic carbocycles. The second-order valence-electron chi connectivity index (χ2n) is 7.63. The molecule has 20 heavy (non-hydrogen) atoms. The first kappa shape index (κ1) is 17.3. The van der Waals surface area contributed by atoms with Crippen molar-refractivity contribution in [3.05, 3.63) is 0 Å². The molecule has 0 aromatic carbocycles. The Morgan fingerprint density at radius 2 is 1.80 bits per heavy atom.